The van der Waals surface area contributed by atoms with Crippen molar-refractivity contribution in [2.24, 2.45) is 11.1 Å². The van der Waals surface area contributed by atoms with Gasteiger partial charge in [0.05, 0.1) is 11.5 Å². The molecule has 18 heavy (non-hydrogen) atoms. The second kappa shape index (κ2) is 5.19. The highest BCUT2D eigenvalue weighted by atomic mass is 35.5. The first-order chi connectivity index (χ1) is 8.45. The van der Waals surface area contributed by atoms with Gasteiger partial charge < -0.3 is 5.73 Å². The molecule has 1 saturated carbocycles. The molecule has 0 radical (unpaired) electrons. The minimum atomic E-state index is -3.06. The lowest BCUT2D eigenvalue weighted by Gasteiger charge is -2.14. The molecular formula is C13H18ClNO2S. The van der Waals surface area contributed by atoms with E-state index in [1.165, 1.54) is 0 Å². The standard InChI is InChI=1S/C13H18ClNO2S/c14-12-3-1-11(2-4-12)9-18(16,17)10-13(5-6-13)7-8-15/h1-4H,5-10,15H2. The van der Waals surface area contributed by atoms with Crippen LogP contribution in [0.25, 0.3) is 0 Å². The molecular weight excluding hydrogens is 270 g/mol. The van der Waals surface area contributed by atoms with Gasteiger partial charge in [0.1, 0.15) is 0 Å². The fraction of sp³-hybridized carbons (Fsp3) is 0.538. The quantitative estimate of drug-likeness (QED) is 0.874. The number of hydrogen-bond acceptors (Lipinski definition) is 3. The van der Waals surface area contributed by atoms with Gasteiger partial charge in [0.2, 0.25) is 0 Å². The third-order valence-electron chi connectivity index (χ3n) is 3.46. The summed E-state index contributed by atoms with van der Waals surface area (Å²) in [4.78, 5) is 0. The third kappa shape index (κ3) is 3.70. The summed E-state index contributed by atoms with van der Waals surface area (Å²) in [6, 6.07) is 6.98. The van der Waals surface area contributed by atoms with Crippen LogP contribution in [0.4, 0.5) is 0 Å². The molecule has 100 valence electrons. The molecule has 2 N–H and O–H groups in total. The van der Waals surface area contributed by atoms with Gasteiger partial charge in [-0.25, -0.2) is 8.42 Å². The van der Waals surface area contributed by atoms with E-state index in [1.54, 1.807) is 24.3 Å². The lowest BCUT2D eigenvalue weighted by molar-refractivity contribution is 0.510. The van der Waals surface area contributed by atoms with Gasteiger partial charge in [0, 0.05) is 5.02 Å². The Labute approximate surface area is 113 Å². The summed E-state index contributed by atoms with van der Waals surface area (Å²) in [5.74, 6) is 0.357. The van der Waals surface area contributed by atoms with Crippen LogP contribution in [0.3, 0.4) is 0 Å². The maximum atomic E-state index is 12.1. The average Bonchev–Trinajstić information content (AvgIpc) is 3.00. The Bertz CT molecular complexity index is 506. The highest BCUT2D eigenvalue weighted by Crippen LogP contribution is 2.49. The molecule has 0 spiro atoms. The predicted octanol–water partition coefficient (Wildman–Crippen LogP) is 2.38. The number of rotatable bonds is 6. The molecule has 1 aliphatic rings. The zero-order valence-corrected chi connectivity index (χ0v) is 11.8. The van der Waals surface area contributed by atoms with Gasteiger partial charge in [0.15, 0.2) is 9.84 Å². The van der Waals surface area contributed by atoms with Crippen molar-refractivity contribution in [1.29, 1.82) is 0 Å². The van der Waals surface area contributed by atoms with Gasteiger partial charge in [-0.15, -0.1) is 0 Å². The molecule has 1 aromatic rings. The first kappa shape index (κ1) is 13.8. The summed E-state index contributed by atoms with van der Waals surface area (Å²) in [5.41, 5.74) is 6.30. The monoisotopic (exact) mass is 287 g/mol. The minimum absolute atomic E-state index is 0.0278. The summed E-state index contributed by atoms with van der Waals surface area (Å²) < 4.78 is 24.3. The van der Waals surface area contributed by atoms with Crippen LogP contribution in [0.5, 0.6) is 0 Å². The van der Waals surface area contributed by atoms with E-state index in [0.29, 0.717) is 11.6 Å². The van der Waals surface area contributed by atoms with Crippen LogP contribution >= 0.6 is 11.6 Å². The molecule has 1 aromatic carbocycles. The van der Waals surface area contributed by atoms with E-state index in [2.05, 4.69) is 0 Å². The summed E-state index contributed by atoms with van der Waals surface area (Å²) in [7, 11) is -3.06. The number of hydrogen-bond donors (Lipinski definition) is 1. The predicted molar refractivity (Wildman–Crippen MR) is 74.3 cm³/mol. The maximum absolute atomic E-state index is 12.1. The molecule has 2 rings (SSSR count). The lowest BCUT2D eigenvalue weighted by Crippen LogP contribution is -2.21. The summed E-state index contributed by atoms with van der Waals surface area (Å²) >= 11 is 5.78. The number of benzene rings is 1. The Hall–Kier alpha value is -0.580. The molecule has 0 atom stereocenters. The normalized spacial score (nSPS) is 17.7. The largest absolute Gasteiger partial charge is 0.330 e. The topological polar surface area (TPSA) is 60.2 Å². The van der Waals surface area contributed by atoms with Crippen molar-refractivity contribution in [2.45, 2.75) is 25.0 Å². The molecule has 0 aromatic heterocycles. The van der Waals surface area contributed by atoms with Crippen molar-refractivity contribution in [1.82, 2.24) is 0 Å². The van der Waals surface area contributed by atoms with Gasteiger partial charge in [-0.3, -0.25) is 0 Å². The van der Waals surface area contributed by atoms with Crippen molar-refractivity contribution < 1.29 is 8.42 Å². The van der Waals surface area contributed by atoms with Crippen LogP contribution in [-0.2, 0) is 15.6 Å². The fourth-order valence-corrected chi connectivity index (χ4v) is 4.60. The molecule has 1 fully saturated rings. The molecule has 0 bridgehead atoms. The molecule has 0 aliphatic heterocycles. The van der Waals surface area contributed by atoms with Crippen molar-refractivity contribution in [3.8, 4) is 0 Å². The van der Waals surface area contributed by atoms with Gasteiger partial charge in [-0.2, -0.15) is 0 Å². The van der Waals surface area contributed by atoms with Gasteiger partial charge >= 0.3 is 0 Å². The van der Waals surface area contributed by atoms with E-state index in [0.717, 1.165) is 24.8 Å². The van der Waals surface area contributed by atoms with E-state index in [9.17, 15) is 8.42 Å². The smallest absolute Gasteiger partial charge is 0.154 e. The second-order valence-corrected chi connectivity index (χ2v) is 7.70. The van der Waals surface area contributed by atoms with Gasteiger partial charge in [0.25, 0.3) is 0 Å². The zero-order chi connectivity index (χ0) is 13.2. The molecule has 0 heterocycles. The van der Waals surface area contributed by atoms with E-state index in [4.69, 9.17) is 17.3 Å². The van der Waals surface area contributed by atoms with Crippen LogP contribution < -0.4 is 5.73 Å². The van der Waals surface area contributed by atoms with Crippen LogP contribution in [0.1, 0.15) is 24.8 Å². The minimum Gasteiger partial charge on any atom is -0.330 e. The van der Waals surface area contributed by atoms with Crippen LogP contribution in [0.15, 0.2) is 24.3 Å². The van der Waals surface area contributed by atoms with Crippen molar-refractivity contribution >= 4 is 21.4 Å². The summed E-state index contributed by atoms with van der Waals surface area (Å²) in [6.45, 7) is 0.566. The number of sulfone groups is 1. The molecule has 0 amide bonds. The van der Waals surface area contributed by atoms with Crippen molar-refractivity contribution in [2.75, 3.05) is 12.3 Å². The van der Waals surface area contributed by atoms with Crippen molar-refractivity contribution in [3.05, 3.63) is 34.9 Å². The van der Waals surface area contributed by atoms with Gasteiger partial charge in [-0.1, -0.05) is 23.7 Å². The lowest BCUT2D eigenvalue weighted by atomic mass is 10.1. The Morgan fingerprint density at radius 1 is 1.22 bits per heavy atom. The van der Waals surface area contributed by atoms with Crippen LogP contribution in [-0.4, -0.2) is 20.7 Å². The maximum Gasteiger partial charge on any atom is 0.154 e. The first-order valence-corrected chi connectivity index (χ1v) is 8.30. The fourth-order valence-electron chi connectivity index (χ4n) is 2.30. The third-order valence-corrected chi connectivity index (χ3v) is 5.54. The zero-order valence-electron chi connectivity index (χ0n) is 10.2. The van der Waals surface area contributed by atoms with E-state index in [-0.39, 0.29) is 16.9 Å². The SMILES string of the molecule is NCCC1(CS(=O)(=O)Cc2ccc(Cl)cc2)CC1. The highest BCUT2D eigenvalue weighted by Gasteiger charge is 2.44. The summed E-state index contributed by atoms with van der Waals surface area (Å²) in [5, 5.41) is 0.623. The second-order valence-electron chi connectivity index (χ2n) is 5.20. The van der Waals surface area contributed by atoms with E-state index < -0.39 is 9.84 Å². The summed E-state index contributed by atoms with van der Waals surface area (Å²) in [6.07, 6.45) is 2.79. The first-order valence-electron chi connectivity index (χ1n) is 6.10. The molecule has 3 nitrogen and oxygen atoms in total. The number of nitrogens with two attached hydrogens (primary N) is 1. The van der Waals surface area contributed by atoms with E-state index >= 15 is 0 Å². The average molecular weight is 288 g/mol. The Morgan fingerprint density at radius 3 is 2.33 bits per heavy atom. The molecule has 1 aliphatic carbocycles. The van der Waals surface area contributed by atoms with Gasteiger partial charge in [-0.05, 0) is 48.9 Å². The van der Waals surface area contributed by atoms with Crippen LogP contribution in [0, 0.1) is 5.41 Å². The van der Waals surface area contributed by atoms with E-state index in [1.807, 2.05) is 0 Å². The molecule has 0 saturated heterocycles. The Morgan fingerprint density at radius 2 is 1.83 bits per heavy atom. The Kier molecular flexibility index (Phi) is 3.99. The van der Waals surface area contributed by atoms with Crippen LogP contribution in [0.2, 0.25) is 5.02 Å². The van der Waals surface area contributed by atoms with Crippen molar-refractivity contribution in [3.63, 3.8) is 0 Å². The number of halogens is 1. The molecule has 5 heteroatoms. The Balaban J connectivity index is 2.01. The molecule has 0 unspecified atom stereocenters. The highest BCUT2D eigenvalue weighted by molar-refractivity contribution is 7.90.